The van der Waals surface area contributed by atoms with Gasteiger partial charge < -0.3 is 15.0 Å². The van der Waals surface area contributed by atoms with Crippen molar-refractivity contribution in [3.05, 3.63) is 47.9 Å². The van der Waals surface area contributed by atoms with Gasteiger partial charge in [0.1, 0.15) is 0 Å². The van der Waals surface area contributed by atoms with E-state index in [0.29, 0.717) is 23.4 Å². The topological polar surface area (TPSA) is 71.3 Å². The third-order valence-electron chi connectivity index (χ3n) is 5.61. The van der Waals surface area contributed by atoms with Crippen LogP contribution >= 0.6 is 0 Å². The van der Waals surface area contributed by atoms with Gasteiger partial charge in [-0.1, -0.05) is 39.8 Å². The predicted octanol–water partition coefficient (Wildman–Crippen LogP) is 4.87. The molecule has 2 N–H and O–H groups in total. The third kappa shape index (κ3) is 4.48. The van der Waals surface area contributed by atoms with Crippen LogP contribution in [0, 0.1) is 5.92 Å². The highest BCUT2D eigenvalue weighted by molar-refractivity contribution is 5.95. The summed E-state index contributed by atoms with van der Waals surface area (Å²) in [6.45, 7) is 9.59. The van der Waals surface area contributed by atoms with Crippen LogP contribution in [-0.2, 0) is 0 Å². The lowest BCUT2D eigenvalue weighted by molar-refractivity contribution is 0.0951. The van der Waals surface area contributed by atoms with Gasteiger partial charge in [0.05, 0.1) is 11.4 Å². The van der Waals surface area contributed by atoms with Crippen molar-refractivity contribution in [1.82, 2.24) is 19.7 Å². The number of amides is 1. The second kappa shape index (κ2) is 8.46. The maximum absolute atomic E-state index is 12.2. The van der Waals surface area contributed by atoms with Gasteiger partial charge in [0.25, 0.3) is 5.91 Å². The molecule has 0 radical (unpaired) electrons. The molecule has 0 aliphatic heterocycles. The van der Waals surface area contributed by atoms with Gasteiger partial charge in [0.2, 0.25) is 0 Å². The highest BCUT2D eigenvalue weighted by atomic mass is 16.1. The van der Waals surface area contributed by atoms with Gasteiger partial charge in [-0.05, 0) is 43.2 Å². The molecule has 1 unspecified atom stereocenters. The molecule has 30 heavy (non-hydrogen) atoms. The molecule has 2 aromatic heterocycles. The molecule has 1 amide bonds. The smallest absolute Gasteiger partial charge is 0.251 e. The summed E-state index contributed by atoms with van der Waals surface area (Å²) >= 11 is 0. The largest absolute Gasteiger partial charge is 0.367 e. The van der Waals surface area contributed by atoms with E-state index >= 15 is 0 Å². The maximum Gasteiger partial charge on any atom is 0.251 e. The highest BCUT2D eigenvalue weighted by Gasteiger charge is 2.23. The Morgan fingerprint density at radius 3 is 2.50 bits per heavy atom. The Balaban J connectivity index is 1.65. The fourth-order valence-electron chi connectivity index (χ4n) is 3.31. The van der Waals surface area contributed by atoms with Crippen LogP contribution in [0.4, 0.5) is 5.82 Å². The molecule has 0 spiro atoms. The van der Waals surface area contributed by atoms with Crippen molar-refractivity contribution in [2.24, 2.45) is 5.92 Å². The van der Waals surface area contributed by atoms with Gasteiger partial charge in [-0.15, -0.1) is 0 Å². The van der Waals surface area contributed by atoms with Crippen molar-refractivity contribution in [1.29, 1.82) is 0 Å². The molecule has 1 aliphatic carbocycles. The lowest BCUT2D eigenvalue weighted by Crippen LogP contribution is -2.25. The third-order valence-corrected chi connectivity index (χ3v) is 5.61. The van der Waals surface area contributed by atoms with Crippen LogP contribution in [0.1, 0.15) is 68.9 Å². The number of hydrogen-bond acceptors (Lipinski definition) is 4. The molecule has 1 atom stereocenters. The van der Waals surface area contributed by atoms with E-state index in [0.717, 1.165) is 54.2 Å². The molecule has 0 saturated heterocycles. The number of nitrogens with one attached hydrogen (secondary N) is 2. The molecular weight excluding hydrogens is 374 g/mol. The zero-order valence-electron chi connectivity index (χ0n) is 18.3. The Kier molecular flexibility index (Phi) is 5.75. The van der Waals surface area contributed by atoms with E-state index in [4.69, 9.17) is 9.97 Å². The molecule has 1 fully saturated rings. The molecule has 3 aromatic rings. The molecular formula is C24H31N5O. The Morgan fingerprint density at radius 1 is 1.13 bits per heavy atom. The minimum atomic E-state index is 0.00150. The van der Waals surface area contributed by atoms with E-state index in [1.807, 2.05) is 30.5 Å². The van der Waals surface area contributed by atoms with Crippen LogP contribution in [0.3, 0.4) is 0 Å². The van der Waals surface area contributed by atoms with E-state index in [1.165, 1.54) is 0 Å². The highest BCUT2D eigenvalue weighted by Crippen LogP contribution is 2.26. The number of anilines is 1. The van der Waals surface area contributed by atoms with Gasteiger partial charge in [0.15, 0.2) is 11.5 Å². The molecule has 158 valence electrons. The molecule has 1 saturated carbocycles. The molecule has 1 aromatic carbocycles. The monoisotopic (exact) mass is 405 g/mol. The number of aromatic nitrogens is 3. The van der Waals surface area contributed by atoms with Crippen LogP contribution in [0.2, 0.25) is 0 Å². The van der Waals surface area contributed by atoms with Crippen molar-refractivity contribution >= 4 is 17.4 Å². The SMILES string of the molecule is CCC(C)c1cn2cc(-c3ccc(C(=O)NC4CC4)cc3)nc2c(NCC(C)C)n1. The minimum absolute atomic E-state index is 0.00150. The maximum atomic E-state index is 12.2. The second-order valence-corrected chi connectivity index (χ2v) is 8.78. The first-order valence-corrected chi connectivity index (χ1v) is 11.0. The van der Waals surface area contributed by atoms with Gasteiger partial charge in [0, 0.05) is 36.1 Å². The lowest BCUT2D eigenvalue weighted by atomic mass is 10.1. The van der Waals surface area contributed by atoms with E-state index in [9.17, 15) is 4.79 Å². The molecule has 4 rings (SSSR count). The van der Waals surface area contributed by atoms with Crippen LogP contribution in [-0.4, -0.2) is 32.9 Å². The zero-order valence-corrected chi connectivity index (χ0v) is 18.3. The van der Waals surface area contributed by atoms with Crippen LogP contribution in [0.25, 0.3) is 16.9 Å². The number of fused-ring (bicyclic) bond motifs is 1. The number of carbonyl (C=O) groups is 1. The molecule has 6 nitrogen and oxygen atoms in total. The van der Waals surface area contributed by atoms with E-state index in [1.54, 1.807) is 0 Å². The van der Waals surface area contributed by atoms with Gasteiger partial charge in [-0.3, -0.25) is 4.79 Å². The summed E-state index contributed by atoms with van der Waals surface area (Å²) in [5.41, 5.74) is 4.44. The first-order valence-electron chi connectivity index (χ1n) is 11.0. The average molecular weight is 406 g/mol. The van der Waals surface area contributed by atoms with Crippen molar-refractivity contribution in [2.75, 3.05) is 11.9 Å². The van der Waals surface area contributed by atoms with Crippen molar-refractivity contribution in [3.8, 4) is 11.3 Å². The van der Waals surface area contributed by atoms with Crippen LogP contribution in [0.15, 0.2) is 36.7 Å². The van der Waals surface area contributed by atoms with Crippen molar-refractivity contribution in [3.63, 3.8) is 0 Å². The number of hydrogen-bond donors (Lipinski definition) is 2. The summed E-state index contributed by atoms with van der Waals surface area (Å²) in [6.07, 6.45) is 7.34. The van der Waals surface area contributed by atoms with Gasteiger partial charge in [-0.2, -0.15) is 0 Å². The van der Waals surface area contributed by atoms with Crippen molar-refractivity contribution in [2.45, 2.75) is 58.9 Å². The summed E-state index contributed by atoms with van der Waals surface area (Å²) in [6, 6.07) is 8.04. The van der Waals surface area contributed by atoms with E-state index in [-0.39, 0.29) is 5.91 Å². The van der Waals surface area contributed by atoms with E-state index in [2.05, 4.69) is 48.9 Å². The summed E-state index contributed by atoms with van der Waals surface area (Å²) in [7, 11) is 0. The summed E-state index contributed by atoms with van der Waals surface area (Å²) in [5, 5.41) is 6.50. The lowest BCUT2D eigenvalue weighted by Gasteiger charge is -2.13. The zero-order chi connectivity index (χ0) is 21.3. The van der Waals surface area contributed by atoms with E-state index < -0.39 is 0 Å². The summed E-state index contributed by atoms with van der Waals surface area (Å²) in [5.74, 6) is 1.72. The molecule has 0 bridgehead atoms. The number of rotatable bonds is 8. The van der Waals surface area contributed by atoms with Crippen molar-refractivity contribution < 1.29 is 4.79 Å². The Labute approximate surface area is 178 Å². The predicted molar refractivity (Wildman–Crippen MR) is 121 cm³/mol. The standard InChI is InChI=1S/C24H31N5O/c1-5-16(4)20-13-29-14-21(28-23(29)22(27-20)25-12-15(2)3)17-6-8-18(9-7-17)24(30)26-19-10-11-19/h6-9,13-16,19H,5,10-12H2,1-4H3,(H,25,27)(H,26,30). The average Bonchev–Trinajstić information content (AvgIpc) is 3.45. The summed E-state index contributed by atoms with van der Waals surface area (Å²) < 4.78 is 2.07. The molecule has 6 heteroatoms. The fraction of sp³-hybridized carbons (Fsp3) is 0.458. The normalized spacial score (nSPS) is 14.8. The number of imidazole rings is 1. The first kappa shape index (κ1) is 20.4. The summed E-state index contributed by atoms with van der Waals surface area (Å²) in [4.78, 5) is 22.0. The molecule has 2 heterocycles. The van der Waals surface area contributed by atoms with Crippen LogP contribution < -0.4 is 10.6 Å². The quantitative estimate of drug-likeness (QED) is 0.561. The first-order chi connectivity index (χ1) is 14.4. The van der Waals surface area contributed by atoms with Gasteiger partial charge in [-0.25, -0.2) is 9.97 Å². The van der Waals surface area contributed by atoms with Crippen LogP contribution in [0.5, 0.6) is 0 Å². The Morgan fingerprint density at radius 2 is 1.87 bits per heavy atom. The Hall–Kier alpha value is -2.89. The number of carbonyl (C=O) groups excluding carboxylic acids is 1. The number of nitrogens with zero attached hydrogens (tertiary/aromatic N) is 3. The number of benzene rings is 1. The molecule has 1 aliphatic rings. The fourth-order valence-corrected chi connectivity index (χ4v) is 3.31. The van der Waals surface area contributed by atoms with Gasteiger partial charge >= 0.3 is 0 Å². The minimum Gasteiger partial charge on any atom is -0.367 e. The Bertz CT molecular complexity index is 1030. The second-order valence-electron chi connectivity index (χ2n) is 8.78.